The fourth-order valence-electron chi connectivity index (χ4n) is 2.36. The van der Waals surface area contributed by atoms with E-state index in [9.17, 15) is 0 Å². The highest BCUT2D eigenvalue weighted by Crippen LogP contribution is 2.48. The van der Waals surface area contributed by atoms with Crippen LogP contribution in [0.1, 0.15) is 25.7 Å². The van der Waals surface area contributed by atoms with Crippen LogP contribution in [0.4, 0.5) is 0 Å². The van der Waals surface area contributed by atoms with Crippen LogP contribution in [0, 0.1) is 39.9 Å². The summed E-state index contributed by atoms with van der Waals surface area (Å²) >= 11 is 0. The Balaban J connectivity index is 2.75. The van der Waals surface area contributed by atoms with Crippen molar-refractivity contribution in [3.8, 4) is 18.2 Å². The first-order valence-corrected chi connectivity index (χ1v) is 8.29. The summed E-state index contributed by atoms with van der Waals surface area (Å²) in [6, 6.07) is 6.68. The van der Waals surface area contributed by atoms with E-state index < -0.39 is 7.92 Å². The number of hydrogen-bond acceptors (Lipinski definition) is 3. The van der Waals surface area contributed by atoms with Crippen LogP contribution in [0.2, 0.25) is 0 Å². The van der Waals surface area contributed by atoms with E-state index in [0.717, 1.165) is 18.7 Å². The third kappa shape index (κ3) is 5.26. The van der Waals surface area contributed by atoms with Crippen LogP contribution in [-0.4, -0.2) is 18.0 Å². The molecule has 0 N–H and O–H groups in total. The van der Waals surface area contributed by atoms with Gasteiger partial charge in [-0.1, -0.05) is 32.2 Å². The second kappa shape index (κ2) is 9.33. The molecule has 4 heteroatoms. The lowest BCUT2D eigenvalue weighted by Crippen LogP contribution is -2.20. The van der Waals surface area contributed by atoms with Gasteiger partial charge in [-0.3, -0.25) is 0 Å². The number of nitriles is 3. The van der Waals surface area contributed by atoms with Gasteiger partial charge in [-0.25, -0.2) is 0 Å². The van der Waals surface area contributed by atoms with Crippen molar-refractivity contribution in [2.75, 3.05) is 12.3 Å². The lowest BCUT2D eigenvalue weighted by Gasteiger charge is -2.31. The van der Waals surface area contributed by atoms with E-state index in [4.69, 9.17) is 15.8 Å². The maximum absolute atomic E-state index is 9.06. The molecule has 0 aliphatic heterocycles. The Morgan fingerprint density at radius 2 is 1.74 bits per heavy atom. The molecule has 0 fully saturated rings. The lowest BCUT2D eigenvalue weighted by atomic mass is 9.95. The quantitative estimate of drug-likeness (QED) is 0.662. The van der Waals surface area contributed by atoms with Crippen LogP contribution in [0.25, 0.3) is 0 Å². The summed E-state index contributed by atoms with van der Waals surface area (Å²) in [5, 5.41) is 26.6. The average molecular weight is 271 g/mol. The molecule has 2 unspecified atom stereocenters. The fraction of sp³-hybridized carbons (Fsp3) is 0.533. The van der Waals surface area contributed by atoms with Crippen LogP contribution in [0.3, 0.4) is 0 Å². The molecule has 0 amide bonds. The van der Waals surface area contributed by atoms with Crippen molar-refractivity contribution in [1.82, 2.24) is 0 Å². The van der Waals surface area contributed by atoms with Gasteiger partial charge in [0.2, 0.25) is 0 Å². The molecular weight excluding hydrogens is 253 g/mol. The van der Waals surface area contributed by atoms with Crippen LogP contribution < -0.4 is 0 Å². The average Bonchev–Trinajstić information content (AvgIpc) is 2.46. The maximum atomic E-state index is 9.06. The number of hydrogen-bond donors (Lipinski definition) is 0. The minimum Gasteiger partial charge on any atom is -0.198 e. The Hall–Kier alpha value is -1.62. The number of rotatable bonds is 7. The molecule has 0 saturated carbocycles. The molecule has 0 saturated heterocycles. The summed E-state index contributed by atoms with van der Waals surface area (Å²) in [6.45, 7) is 0. The molecular formula is C15H18N3P. The van der Waals surface area contributed by atoms with Gasteiger partial charge in [0.1, 0.15) is 0 Å². The molecule has 1 aliphatic carbocycles. The van der Waals surface area contributed by atoms with Gasteiger partial charge in [0, 0.05) is 19.3 Å². The van der Waals surface area contributed by atoms with Crippen LogP contribution >= 0.6 is 7.92 Å². The molecule has 0 aromatic carbocycles. The van der Waals surface area contributed by atoms with Crippen LogP contribution in [-0.2, 0) is 0 Å². The van der Waals surface area contributed by atoms with E-state index in [0.29, 0.717) is 30.8 Å². The maximum Gasteiger partial charge on any atom is 0.0628 e. The Morgan fingerprint density at radius 3 is 2.21 bits per heavy atom. The van der Waals surface area contributed by atoms with Gasteiger partial charge in [-0.05, 0) is 30.3 Å². The van der Waals surface area contributed by atoms with Crippen molar-refractivity contribution in [2.45, 2.75) is 31.3 Å². The highest BCUT2D eigenvalue weighted by Gasteiger charge is 2.27. The second-order valence-corrected chi connectivity index (χ2v) is 7.23. The zero-order valence-electron chi connectivity index (χ0n) is 11.0. The van der Waals surface area contributed by atoms with Crippen molar-refractivity contribution in [1.29, 1.82) is 15.8 Å². The minimum atomic E-state index is -0.417. The lowest BCUT2D eigenvalue weighted by molar-refractivity contribution is 0.612. The Labute approximate surface area is 116 Å². The Morgan fingerprint density at radius 1 is 1.05 bits per heavy atom. The second-order valence-electron chi connectivity index (χ2n) is 4.49. The molecule has 1 aliphatic rings. The summed E-state index contributed by atoms with van der Waals surface area (Å²) in [5.74, 6) is 0.396. The molecule has 0 bridgehead atoms. The first-order chi connectivity index (χ1) is 9.33. The van der Waals surface area contributed by atoms with Gasteiger partial charge in [-0.2, -0.15) is 15.8 Å². The van der Waals surface area contributed by atoms with Crippen LogP contribution in [0.5, 0.6) is 0 Å². The molecule has 0 aromatic heterocycles. The Kier molecular flexibility index (Phi) is 7.58. The van der Waals surface area contributed by atoms with Crippen molar-refractivity contribution < 1.29 is 0 Å². The summed E-state index contributed by atoms with van der Waals surface area (Å²) in [7, 11) is -0.417. The Bertz CT molecular complexity index is 429. The van der Waals surface area contributed by atoms with Gasteiger partial charge in [-0.15, -0.1) is 0 Å². The van der Waals surface area contributed by atoms with Gasteiger partial charge in [0.15, 0.2) is 0 Å². The molecule has 0 radical (unpaired) electrons. The van der Waals surface area contributed by atoms with Gasteiger partial charge < -0.3 is 0 Å². The summed E-state index contributed by atoms with van der Waals surface area (Å²) in [6.07, 6.45) is 12.7. The highest BCUT2D eigenvalue weighted by molar-refractivity contribution is 7.58. The van der Waals surface area contributed by atoms with Crippen molar-refractivity contribution >= 4 is 7.92 Å². The highest BCUT2D eigenvalue weighted by atomic mass is 31.1. The third-order valence-electron chi connectivity index (χ3n) is 3.30. The summed E-state index contributed by atoms with van der Waals surface area (Å²) in [4.78, 5) is 0. The molecule has 0 spiro atoms. The monoisotopic (exact) mass is 271 g/mol. The first-order valence-electron chi connectivity index (χ1n) is 6.51. The standard InChI is InChI=1S/C15H18N3P/c16-9-4-12-19(13-5-10-17)15(8-11-18)14-6-2-1-3-7-14/h1-3,6,14-15H,4-5,7-8,12-13H2. The van der Waals surface area contributed by atoms with Crippen molar-refractivity contribution in [3.63, 3.8) is 0 Å². The van der Waals surface area contributed by atoms with E-state index in [2.05, 4.69) is 30.4 Å². The molecule has 19 heavy (non-hydrogen) atoms. The molecule has 3 nitrogen and oxygen atoms in total. The number of nitrogens with zero attached hydrogens (tertiary/aromatic N) is 3. The van der Waals surface area contributed by atoms with Crippen molar-refractivity contribution in [3.05, 3.63) is 24.3 Å². The van der Waals surface area contributed by atoms with Gasteiger partial charge >= 0.3 is 0 Å². The third-order valence-corrected chi connectivity index (χ3v) is 6.40. The zero-order chi connectivity index (χ0) is 13.9. The van der Waals surface area contributed by atoms with Crippen molar-refractivity contribution in [2.24, 2.45) is 5.92 Å². The van der Waals surface area contributed by atoms with E-state index in [1.54, 1.807) is 0 Å². The largest absolute Gasteiger partial charge is 0.198 e. The summed E-state index contributed by atoms with van der Waals surface area (Å²) < 4.78 is 0. The predicted octanol–water partition coefficient (Wildman–Crippen LogP) is 3.71. The van der Waals surface area contributed by atoms with Gasteiger partial charge in [0.05, 0.1) is 18.2 Å². The molecule has 0 aromatic rings. The zero-order valence-corrected chi connectivity index (χ0v) is 11.9. The SMILES string of the molecule is N#CCCP(CCC#N)C(CC#N)C1C=CC=CC1. The predicted molar refractivity (Wildman–Crippen MR) is 77.5 cm³/mol. The van der Waals surface area contributed by atoms with Crippen LogP contribution in [0.15, 0.2) is 24.3 Å². The minimum absolute atomic E-state index is 0.322. The normalized spacial score (nSPS) is 18.5. The smallest absolute Gasteiger partial charge is 0.0628 e. The topological polar surface area (TPSA) is 71.4 Å². The molecule has 1 rings (SSSR count). The molecule has 0 heterocycles. The number of allylic oxidation sites excluding steroid dienone is 4. The van der Waals surface area contributed by atoms with Gasteiger partial charge in [0.25, 0.3) is 0 Å². The van der Waals surface area contributed by atoms with E-state index >= 15 is 0 Å². The van der Waals surface area contributed by atoms with E-state index in [1.807, 2.05) is 12.2 Å². The van der Waals surface area contributed by atoms with E-state index in [1.165, 1.54) is 0 Å². The molecule has 2 atom stereocenters. The molecule has 98 valence electrons. The summed E-state index contributed by atoms with van der Waals surface area (Å²) in [5.41, 5.74) is 0.322. The van der Waals surface area contributed by atoms with E-state index in [-0.39, 0.29) is 0 Å². The fourth-order valence-corrected chi connectivity index (χ4v) is 5.12. The first kappa shape index (κ1) is 15.4.